The lowest BCUT2D eigenvalue weighted by Crippen LogP contribution is -2.09. The van der Waals surface area contributed by atoms with Crippen LogP contribution in [-0.2, 0) is 11.3 Å². The Hall–Kier alpha value is -3.09. The van der Waals surface area contributed by atoms with Crippen molar-refractivity contribution in [1.82, 2.24) is 10.1 Å². The van der Waals surface area contributed by atoms with Gasteiger partial charge in [0, 0.05) is 11.5 Å². The predicted molar refractivity (Wildman–Crippen MR) is 92.9 cm³/mol. The van der Waals surface area contributed by atoms with Crippen molar-refractivity contribution in [1.29, 1.82) is 0 Å². The highest BCUT2D eigenvalue weighted by atomic mass is 16.5. The van der Waals surface area contributed by atoms with E-state index in [0.29, 0.717) is 28.6 Å². The van der Waals surface area contributed by atoms with Gasteiger partial charge in [0.2, 0.25) is 5.89 Å². The maximum atomic E-state index is 12.4. The van der Waals surface area contributed by atoms with Gasteiger partial charge in [0.1, 0.15) is 29.9 Å². The Labute approximate surface area is 150 Å². The molecule has 3 rings (SSSR count). The summed E-state index contributed by atoms with van der Waals surface area (Å²) >= 11 is 0. The highest BCUT2D eigenvalue weighted by Gasteiger charge is 2.24. The Bertz CT molecular complexity index is 893. The van der Waals surface area contributed by atoms with Crippen molar-refractivity contribution in [2.45, 2.75) is 33.3 Å². The molecule has 7 nitrogen and oxygen atoms in total. The van der Waals surface area contributed by atoms with E-state index in [1.165, 1.54) is 6.26 Å². The molecule has 0 amide bonds. The van der Waals surface area contributed by atoms with Crippen LogP contribution in [0.3, 0.4) is 0 Å². The molecule has 2 heterocycles. The van der Waals surface area contributed by atoms with Gasteiger partial charge in [0.25, 0.3) is 0 Å². The van der Waals surface area contributed by atoms with E-state index in [9.17, 15) is 4.79 Å². The van der Waals surface area contributed by atoms with Gasteiger partial charge in [0.15, 0.2) is 5.76 Å². The van der Waals surface area contributed by atoms with Crippen molar-refractivity contribution in [2.75, 3.05) is 7.11 Å². The fraction of sp³-hybridized carbons (Fsp3) is 0.316. The van der Waals surface area contributed by atoms with Crippen LogP contribution in [-0.4, -0.2) is 23.2 Å². The number of hydrogen-bond acceptors (Lipinski definition) is 7. The summed E-state index contributed by atoms with van der Waals surface area (Å²) in [6.07, 6.45) is 1.47. The number of hydrogen-bond donors (Lipinski definition) is 0. The monoisotopic (exact) mass is 356 g/mol. The lowest BCUT2D eigenvalue weighted by molar-refractivity contribution is 0.0464. The SMILES string of the molecule is COc1ccc(-c2nc(COC(=O)c3c(C)noc3C(C)C)co2)cc1. The Kier molecular flexibility index (Phi) is 5.06. The number of aromatic nitrogens is 2. The first-order chi connectivity index (χ1) is 12.5. The van der Waals surface area contributed by atoms with Gasteiger partial charge < -0.3 is 18.4 Å². The number of ether oxygens (including phenoxy) is 2. The van der Waals surface area contributed by atoms with Crippen LogP contribution in [0.4, 0.5) is 0 Å². The summed E-state index contributed by atoms with van der Waals surface area (Å²) in [7, 11) is 1.61. The minimum atomic E-state index is -0.485. The Morgan fingerprint density at radius 1 is 1.23 bits per heavy atom. The number of oxazole rings is 1. The van der Waals surface area contributed by atoms with E-state index < -0.39 is 5.97 Å². The minimum absolute atomic E-state index is 0.000638. The van der Waals surface area contributed by atoms with E-state index >= 15 is 0 Å². The lowest BCUT2D eigenvalue weighted by Gasteiger charge is -2.05. The normalized spacial score (nSPS) is 11.0. The average molecular weight is 356 g/mol. The third-order valence-electron chi connectivity index (χ3n) is 3.86. The summed E-state index contributed by atoms with van der Waals surface area (Å²) in [4.78, 5) is 16.7. The second kappa shape index (κ2) is 7.43. The predicted octanol–water partition coefficient (Wildman–Crippen LogP) is 4.13. The van der Waals surface area contributed by atoms with Crippen LogP contribution in [0.15, 0.2) is 39.5 Å². The number of benzene rings is 1. The molecule has 0 radical (unpaired) electrons. The molecule has 0 spiro atoms. The van der Waals surface area contributed by atoms with Crippen molar-refractivity contribution in [3.8, 4) is 17.2 Å². The van der Waals surface area contributed by atoms with Crippen LogP contribution in [0.5, 0.6) is 5.75 Å². The number of carbonyl (C=O) groups is 1. The molecular formula is C19H20N2O5. The number of aryl methyl sites for hydroxylation is 1. The zero-order valence-electron chi connectivity index (χ0n) is 15.1. The molecule has 1 aromatic carbocycles. The van der Waals surface area contributed by atoms with Crippen LogP contribution < -0.4 is 4.74 Å². The standard InChI is InChI=1S/C19H20N2O5/c1-11(2)17-16(12(3)21-26-17)19(22)25-10-14-9-24-18(20-14)13-5-7-15(23-4)8-6-13/h5-9,11H,10H2,1-4H3. The summed E-state index contributed by atoms with van der Waals surface area (Å²) in [5, 5.41) is 3.85. The van der Waals surface area contributed by atoms with Crippen molar-refractivity contribution >= 4 is 5.97 Å². The molecule has 7 heteroatoms. The molecule has 3 aromatic rings. The molecule has 0 fully saturated rings. The average Bonchev–Trinajstić information content (AvgIpc) is 3.26. The number of methoxy groups -OCH3 is 1. The smallest absolute Gasteiger partial charge is 0.344 e. The van der Waals surface area contributed by atoms with Crippen molar-refractivity contribution < 1.29 is 23.2 Å². The van der Waals surface area contributed by atoms with Crippen molar-refractivity contribution in [3.05, 3.63) is 53.2 Å². The third kappa shape index (κ3) is 3.61. The number of esters is 1. The van der Waals surface area contributed by atoms with E-state index in [1.54, 1.807) is 14.0 Å². The number of rotatable bonds is 6. The lowest BCUT2D eigenvalue weighted by atomic mass is 10.1. The summed E-state index contributed by atoms with van der Waals surface area (Å²) < 4.78 is 21.1. The Balaban J connectivity index is 1.68. The second-order valence-electron chi connectivity index (χ2n) is 6.11. The maximum Gasteiger partial charge on any atom is 0.344 e. The summed E-state index contributed by atoms with van der Waals surface area (Å²) in [5.41, 5.74) is 2.21. The zero-order chi connectivity index (χ0) is 18.7. The summed E-state index contributed by atoms with van der Waals surface area (Å²) in [6, 6.07) is 7.33. The molecule has 0 aliphatic heterocycles. The van der Waals surface area contributed by atoms with Gasteiger partial charge in [-0.25, -0.2) is 9.78 Å². The Morgan fingerprint density at radius 2 is 1.96 bits per heavy atom. The fourth-order valence-corrected chi connectivity index (χ4v) is 2.48. The van der Waals surface area contributed by atoms with Crippen molar-refractivity contribution in [2.24, 2.45) is 0 Å². The molecular weight excluding hydrogens is 336 g/mol. The van der Waals surface area contributed by atoms with Crippen LogP contribution in [0, 0.1) is 6.92 Å². The summed E-state index contributed by atoms with van der Waals surface area (Å²) in [5.74, 6) is 1.27. The largest absolute Gasteiger partial charge is 0.497 e. The highest BCUT2D eigenvalue weighted by molar-refractivity contribution is 5.91. The van der Waals surface area contributed by atoms with Gasteiger partial charge in [-0.2, -0.15) is 0 Å². The van der Waals surface area contributed by atoms with E-state index in [0.717, 1.165) is 11.3 Å². The molecule has 0 aliphatic rings. The van der Waals surface area contributed by atoms with E-state index in [-0.39, 0.29) is 12.5 Å². The first-order valence-corrected chi connectivity index (χ1v) is 8.21. The maximum absolute atomic E-state index is 12.4. The third-order valence-corrected chi connectivity index (χ3v) is 3.86. The van der Waals surface area contributed by atoms with Gasteiger partial charge in [0.05, 0.1) is 12.8 Å². The Morgan fingerprint density at radius 3 is 2.62 bits per heavy atom. The van der Waals surface area contributed by atoms with E-state index in [2.05, 4.69) is 10.1 Å². The molecule has 0 unspecified atom stereocenters. The first-order valence-electron chi connectivity index (χ1n) is 8.21. The molecule has 136 valence electrons. The molecule has 0 atom stereocenters. The van der Waals surface area contributed by atoms with Gasteiger partial charge in [-0.1, -0.05) is 19.0 Å². The van der Waals surface area contributed by atoms with Gasteiger partial charge in [-0.3, -0.25) is 0 Å². The number of carbonyl (C=O) groups excluding carboxylic acids is 1. The van der Waals surface area contributed by atoms with Gasteiger partial charge in [-0.15, -0.1) is 0 Å². The number of nitrogens with zero attached hydrogens (tertiary/aromatic N) is 2. The van der Waals surface area contributed by atoms with E-state index in [1.807, 2.05) is 38.1 Å². The van der Waals surface area contributed by atoms with Crippen LogP contribution in [0.25, 0.3) is 11.5 Å². The molecule has 0 saturated carbocycles. The fourth-order valence-electron chi connectivity index (χ4n) is 2.48. The van der Waals surface area contributed by atoms with Gasteiger partial charge >= 0.3 is 5.97 Å². The second-order valence-corrected chi connectivity index (χ2v) is 6.11. The topological polar surface area (TPSA) is 87.6 Å². The summed E-state index contributed by atoms with van der Waals surface area (Å²) in [6.45, 7) is 5.56. The highest BCUT2D eigenvalue weighted by Crippen LogP contribution is 2.24. The first kappa shape index (κ1) is 17.7. The minimum Gasteiger partial charge on any atom is -0.497 e. The van der Waals surface area contributed by atoms with E-state index in [4.69, 9.17) is 18.4 Å². The zero-order valence-corrected chi connectivity index (χ0v) is 15.1. The van der Waals surface area contributed by atoms with Crippen LogP contribution >= 0.6 is 0 Å². The quantitative estimate of drug-likeness (QED) is 0.614. The molecule has 0 aliphatic carbocycles. The molecule has 0 bridgehead atoms. The van der Waals surface area contributed by atoms with Crippen LogP contribution in [0.1, 0.15) is 47.3 Å². The molecule has 26 heavy (non-hydrogen) atoms. The molecule has 0 N–H and O–H groups in total. The van der Waals surface area contributed by atoms with Crippen molar-refractivity contribution in [3.63, 3.8) is 0 Å². The molecule has 2 aromatic heterocycles. The molecule has 0 saturated heterocycles. The van der Waals surface area contributed by atoms with Gasteiger partial charge in [-0.05, 0) is 31.2 Å². The van der Waals surface area contributed by atoms with Crippen LogP contribution in [0.2, 0.25) is 0 Å².